The smallest absolute Gasteiger partial charge is 0.312 e. The van der Waals surface area contributed by atoms with E-state index < -0.39 is 16.9 Å². The quantitative estimate of drug-likeness (QED) is 0.188. The molecule has 2 heterocycles. The van der Waals surface area contributed by atoms with E-state index in [2.05, 4.69) is 57.3 Å². The highest BCUT2D eigenvalue weighted by atomic mass is 16.5. The van der Waals surface area contributed by atoms with E-state index in [1.54, 1.807) is 0 Å². The summed E-state index contributed by atoms with van der Waals surface area (Å²) >= 11 is 0. The Balaban J connectivity index is 1.31. The van der Waals surface area contributed by atoms with Crippen molar-refractivity contribution in [3.63, 3.8) is 0 Å². The number of ether oxygens (including phenoxy) is 2. The largest absolute Gasteiger partial charge is 0.465 e. The summed E-state index contributed by atoms with van der Waals surface area (Å²) in [4.78, 5) is 31.8. The lowest BCUT2D eigenvalue weighted by Crippen LogP contribution is -2.69. The molecule has 1 N–H and O–H groups in total. The minimum atomic E-state index is -0.772. The topological polar surface area (TPSA) is 90.7 Å². The fourth-order valence-corrected chi connectivity index (χ4v) is 12.1. The van der Waals surface area contributed by atoms with E-state index in [1.165, 1.54) is 0 Å². The van der Waals surface area contributed by atoms with Gasteiger partial charge in [-0.1, -0.05) is 45.1 Å². The first-order chi connectivity index (χ1) is 21.2. The molecule has 1 aromatic heterocycles. The van der Waals surface area contributed by atoms with Gasteiger partial charge in [0, 0.05) is 30.3 Å². The van der Waals surface area contributed by atoms with Gasteiger partial charge in [0.1, 0.15) is 11.9 Å². The van der Waals surface area contributed by atoms with Crippen molar-refractivity contribution in [2.75, 3.05) is 6.61 Å². The number of aliphatic hydroxyl groups is 1. The van der Waals surface area contributed by atoms with Gasteiger partial charge < -0.3 is 19.1 Å². The normalized spacial score (nSPS) is 43.7. The van der Waals surface area contributed by atoms with Gasteiger partial charge in [-0.15, -0.1) is 0 Å². The molecule has 0 amide bonds. The zero-order valence-corrected chi connectivity index (χ0v) is 28.6. The van der Waals surface area contributed by atoms with E-state index >= 15 is 0 Å². The third-order valence-electron chi connectivity index (χ3n) is 14.5. The van der Waals surface area contributed by atoms with Crippen molar-refractivity contribution in [1.29, 1.82) is 0 Å². The van der Waals surface area contributed by atoms with Gasteiger partial charge in [0.05, 0.1) is 24.5 Å². The Hall–Kier alpha value is -2.41. The minimum absolute atomic E-state index is 0.0198. The second kappa shape index (κ2) is 11.4. The van der Waals surface area contributed by atoms with Crippen molar-refractivity contribution in [2.45, 2.75) is 125 Å². The first kappa shape index (κ1) is 32.5. The number of unbranched alkanes of at least 4 members (excludes halogenated alkanes) is 1. The molecule has 5 aliphatic rings. The summed E-state index contributed by atoms with van der Waals surface area (Å²) < 4.78 is 14.7. The van der Waals surface area contributed by atoms with Crippen molar-refractivity contribution in [1.82, 2.24) is 9.55 Å². The average Bonchev–Trinajstić information content (AvgIpc) is 3.55. The summed E-state index contributed by atoms with van der Waals surface area (Å²) in [5.74, 6) is 1.34. The van der Waals surface area contributed by atoms with Gasteiger partial charge in [0.2, 0.25) is 0 Å². The first-order valence-corrected chi connectivity index (χ1v) is 17.5. The molecule has 4 aliphatic carbocycles. The van der Waals surface area contributed by atoms with Crippen molar-refractivity contribution in [3.8, 4) is 0 Å². The summed E-state index contributed by atoms with van der Waals surface area (Å²) in [6, 6.07) is 0. The first-order valence-electron chi connectivity index (χ1n) is 17.5. The summed E-state index contributed by atoms with van der Waals surface area (Å²) in [6.45, 7) is 23.4. The second-order valence-corrected chi connectivity index (χ2v) is 16.4. The van der Waals surface area contributed by atoms with E-state index in [4.69, 9.17) is 9.47 Å². The van der Waals surface area contributed by atoms with Crippen molar-refractivity contribution < 1.29 is 24.2 Å². The number of imidazole rings is 1. The maximum atomic E-state index is 14.3. The Bertz CT molecular complexity index is 1370. The third kappa shape index (κ3) is 4.71. The van der Waals surface area contributed by atoms with E-state index in [-0.39, 0.29) is 64.9 Å². The molecule has 0 radical (unpaired) electrons. The van der Waals surface area contributed by atoms with Crippen molar-refractivity contribution in [3.05, 3.63) is 42.5 Å². The molecule has 1 aromatic rings. The van der Waals surface area contributed by atoms with E-state index in [9.17, 15) is 14.7 Å². The van der Waals surface area contributed by atoms with Gasteiger partial charge >= 0.3 is 11.9 Å². The molecule has 11 atom stereocenters. The lowest BCUT2D eigenvalue weighted by Gasteiger charge is -2.71. The van der Waals surface area contributed by atoms with Crippen LogP contribution in [0.4, 0.5) is 0 Å². The second-order valence-electron chi connectivity index (χ2n) is 16.4. The molecule has 248 valence electrons. The molecule has 6 rings (SSSR count). The molecular formula is C38H56N2O5. The molecule has 4 saturated carbocycles. The lowest BCUT2D eigenvalue weighted by molar-refractivity contribution is -0.260. The van der Waals surface area contributed by atoms with Crippen LogP contribution in [0.1, 0.15) is 105 Å². The highest BCUT2D eigenvalue weighted by Crippen LogP contribution is 2.77. The van der Waals surface area contributed by atoms with Crippen LogP contribution in [0.3, 0.4) is 0 Å². The third-order valence-corrected chi connectivity index (χ3v) is 14.5. The van der Waals surface area contributed by atoms with E-state index in [1.807, 2.05) is 19.3 Å². The predicted octanol–water partition coefficient (Wildman–Crippen LogP) is 7.21. The number of rotatable bonds is 8. The fraction of sp³-hybridized carbons (Fsp3) is 0.763. The molecular weight excluding hydrogens is 564 g/mol. The van der Waals surface area contributed by atoms with Crippen LogP contribution in [0.25, 0.3) is 0 Å². The predicted molar refractivity (Wildman–Crippen MR) is 174 cm³/mol. The summed E-state index contributed by atoms with van der Waals surface area (Å²) in [5.41, 5.74) is 0.937. The number of hydrogen-bond acceptors (Lipinski definition) is 6. The molecule has 7 nitrogen and oxygen atoms in total. The average molecular weight is 621 g/mol. The molecule has 45 heavy (non-hydrogen) atoms. The number of esters is 2. The van der Waals surface area contributed by atoms with E-state index in [0.29, 0.717) is 6.61 Å². The Morgan fingerprint density at radius 1 is 1.09 bits per heavy atom. The van der Waals surface area contributed by atoms with Crippen LogP contribution in [0.5, 0.6) is 0 Å². The van der Waals surface area contributed by atoms with Gasteiger partial charge in [0.15, 0.2) is 0 Å². The maximum Gasteiger partial charge on any atom is 0.312 e. The van der Waals surface area contributed by atoms with Gasteiger partial charge in [-0.05, 0) is 113 Å². The van der Waals surface area contributed by atoms with Crippen LogP contribution in [0.15, 0.2) is 36.7 Å². The van der Waals surface area contributed by atoms with Crippen molar-refractivity contribution in [2.24, 2.45) is 51.2 Å². The Kier molecular flexibility index (Phi) is 8.23. The highest BCUT2D eigenvalue weighted by molar-refractivity contribution is 5.78. The number of carbonyl (C=O) groups is 2. The van der Waals surface area contributed by atoms with E-state index in [0.717, 1.165) is 81.3 Å². The molecule has 0 aromatic carbocycles. The number of allylic oxidation sites excluding steroid dienone is 2. The zero-order valence-electron chi connectivity index (χ0n) is 28.6. The lowest BCUT2D eigenvalue weighted by atomic mass is 9.33. The number of aryl methyl sites for hydroxylation is 2. The minimum Gasteiger partial charge on any atom is -0.465 e. The zero-order chi connectivity index (χ0) is 32.5. The fourth-order valence-electron chi connectivity index (χ4n) is 12.1. The van der Waals surface area contributed by atoms with Crippen LogP contribution in [0, 0.1) is 58.2 Å². The van der Waals surface area contributed by atoms with Gasteiger partial charge in [0.25, 0.3) is 0 Å². The number of carbonyl (C=O) groups excluding carboxylic acids is 2. The number of hydrogen-bond donors (Lipinski definition) is 1. The summed E-state index contributed by atoms with van der Waals surface area (Å²) in [5, 5.41) is 11.7. The molecule has 0 spiro atoms. The molecule has 5 fully saturated rings. The van der Waals surface area contributed by atoms with Crippen LogP contribution in [-0.4, -0.2) is 45.4 Å². The maximum absolute atomic E-state index is 14.3. The number of fused-ring (bicyclic) bond motifs is 4. The molecule has 1 saturated heterocycles. The van der Waals surface area contributed by atoms with Crippen molar-refractivity contribution >= 4 is 11.9 Å². The van der Waals surface area contributed by atoms with Crippen LogP contribution < -0.4 is 0 Å². The highest BCUT2D eigenvalue weighted by Gasteiger charge is 2.74. The van der Waals surface area contributed by atoms with Gasteiger partial charge in [-0.2, -0.15) is 0 Å². The number of nitrogens with zero attached hydrogens (tertiary/aromatic N) is 2. The Morgan fingerprint density at radius 2 is 1.84 bits per heavy atom. The summed E-state index contributed by atoms with van der Waals surface area (Å²) in [6.07, 6.45) is 10.7. The molecule has 0 unspecified atom stereocenters. The standard InChI is InChI=1S/C38H56N2O5/c1-23(2)26-11-14-38(34(43)44-20-10-9-18-40-19-17-39-25(40)5)16-15-35(6)28(32(26)38)21-29-33-36(35,7)13-12-27(24(3)4)37(33,8)30(41)22-31(42)45-29/h17,19,26-30,32-33,41H,1,3,9-16,18,20-22H2,2,4-8H3/t26-,27-,28+,29+,30+,32+,33-,35+,36+,37+,38-/m0/s1. The summed E-state index contributed by atoms with van der Waals surface area (Å²) in [7, 11) is 0. The van der Waals surface area contributed by atoms with Crippen LogP contribution >= 0.6 is 0 Å². The van der Waals surface area contributed by atoms with Gasteiger partial charge in [-0.25, -0.2) is 4.98 Å². The number of aliphatic hydroxyl groups excluding tert-OH is 1. The van der Waals surface area contributed by atoms with Crippen LogP contribution in [-0.2, 0) is 25.6 Å². The SMILES string of the molecule is C=C(C)[C@@H]1CC[C@]2(C(=O)OCCCCn3ccnc3C)CC[C@]3(C)[C@H](C[C@H]4OC(=O)C[C@@H](O)[C@]5(C)[C@@H]4[C@@]3(C)CC[C@H]5C(=C)C)[C@@H]12. The monoisotopic (exact) mass is 620 g/mol. The number of aromatic nitrogens is 2. The van der Waals surface area contributed by atoms with Gasteiger partial charge in [-0.3, -0.25) is 9.59 Å². The van der Waals surface area contributed by atoms with Crippen LogP contribution in [0.2, 0.25) is 0 Å². The Labute approximate surface area is 270 Å². The molecule has 1 aliphatic heterocycles. The molecule has 7 heteroatoms. The molecule has 0 bridgehead atoms. The Morgan fingerprint density at radius 3 is 2.51 bits per heavy atom.